The Bertz CT molecular complexity index is 988. The van der Waals surface area contributed by atoms with Crippen molar-refractivity contribution in [1.82, 2.24) is 20.9 Å². The number of carbonyl (C=O) groups excluding carboxylic acids is 3. The highest BCUT2D eigenvalue weighted by atomic mass is 19.4. The summed E-state index contributed by atoms with van der Waals surface area (Å²) < 4.78 is 63.5. The first-order valence-corrected chi connectivity index (χ1v) is 14.2. The van der Waals surface area contributed by atoms with Gasteiger partial charge in [0.25, 0.3) is 0 Å². The molecular weight excluding hydrogens is 608 g/mol. The highest BCUT2D eigenvalue weighted by molar-refractivity contribution is 5.87. The van der Waals surface area contributed by atoms with Crippen molar-refractivity contribution in [3.05, 3.63) is 0 Å². The van der Waals surface area contributed by atoms with Gasteiger partial charge < -0.3 is 31.9 Å². The van der Waals surface area contributed by atoms with Crippen molar-refractivity contribution in [3.8, 4) is 0 Å². The summed E-state index contributed by atoms with van der Waals surface area (Å²) in [5.41, 5.74) is 5.47. The van der Waals surface area contributed by atoms with Crippen LogP contribution in [0.4, 0.5) is 26.3 Å². The number of hydrogen-bond donors (Lipinski definition) is 6. The van der Waals surface area contributed by atoms with E-state index < -0.39 is 30.3 Å². The number of carboxylic acid groups (broad SMARTS) is 2. The van der Waals surface area contributed by atoms with Crippen LogP contribution in [0, 0.1) is 23.7 Å². The van der Waals surface area contributed by atoms with Gasteiger partial charge in [-0.1, -0.05) is 0 Å². The third-order valence-electron chi connectivity index (χ3n) is 8.24. The molecule has 0 aromatic rings. The van der Waals surface area contributed by atoms with Crippen molar-refractivity contribution in [2.75, 3.05) is 26.2 Å². The zero-order valence-electron chi connectivity index (χ0n) is 24.0. The highest BCUT2D eigenvalue weighted by Crippen LogP contribution is 2.53. The molecule has 44 heavy (non-hydrogen) atoms. The number of nitrogens with one attached hydrogen (secondary N) is 3. The number of amides is 3. The topological polar surface area (TPSA) is 191 Å². The summed E-state index contributed by atoms with van der Waals surface area (Å²) in [4.78, 5) is 56.4. The van der Waals surface area contributed by atoms with Gasteiger partial charge in [0.2, 0.25) is 17.7 Å². The fraction of sp³-hybridized carbons (Fsp3) is 0.808. The van der Waals surface area contributed by atoms with Gasteiger partial charge in [0, 0.05) is 19.1 Å². The molecular formula is C26H39F6N5O7. The van der Waals surface area contributed by atoms with Crippen molar-refractivity contribution in [1.29, 1.82) is 0 Å². The standard InChI is InChI=1S/C22H37N5O3.2C2HF3O2/c1-13(23)21(29)25-12-19(28)24-4-6-27-5-2-3-18(27)22(30)26-20-16-8-14-7-15(10-16)11-17(20)9-14;2*3-2(4,5)1(6)7/h13-18,20H,2-12,23H2,1H3,(H,24,28)(H,25,29)(H,26,30);2*(H,6,7)/t13?,14?,15?,16?,17?,18-,20?;;/m1../s1. The summed E-state index contributed by atoms with van der Waals surface area (Å²) >= 11 is 0. The zero-order chi connectivity index (χ0) is 33.4. The van der Waals surface area contributed by atoms with E-state index in [0.717, 1.165) is 31.2 Å². The lowest BCUT2D eigenvalue weighted by atomic mass is 9.54. The van der Waals surface area contributed by atoms with Gasteiger partial charge in [0.15, 0.2) is 0 Å². The summed E-state index contributed by atoms with van der Waals surface area (Å²) in [7, 11) is 0. The molecule has 4 bridgehead atoms. The molecule has 4 aliphatic carbocycles. The molecule has 3 amide bonds. The van der Waals surface area contributed by atoms with Crippen LogP contribution in [0.3, 0.4) is 0 Å². The van der Waals surface area contributed by atoms with Gasteiger partial charge in [-0.3, -0.25) is 19.3 Å². The predicted octanol–water partition coefficient (Wildman–Crippen LogP) is 1.24. The Morgan fingerprint density at radius 3 is 1.77 bits per heavy atom. The molecule has 5 fully saturated rings. The predicted molar refractivity (Wildman–Crippen MR) is 141 cm³/mol. The SMILES string of the molecule is CC(N)C(=O)NCC(=O)NCCN1CCC[C@@H]1C(=O)NC1C2CC3CC(C2)CC1C3.O=C(O)C(F)(F)F.O=C(O)C(F)(F)F. The van der Waals surface area contributed by atoms with E-state index in [2.05, 4.69) is 20.9 Å². The van der Waals surface area contributed by atoms with E-state index >= 15 is 0 Å². The second kappa shape index (κ2) is 15.7. The van der Waals surface area contributed by atoms with Crippen molar-refractivity contribution in [2.24, 2.45) is 29.4 Å². The van der Waals surface area contributed by atoms with Crippen molar-refractivity contribution >= 4 is 29.7 Å². The first-order valence-electron chi connectivity index (χ1n) is 14.2. The van der Waals surface area contributed by atoms with E-state index in [1.807, 2.05) is 0 Å². The summed E-state index contributed by atoms with van der Waals surface area (Å²) in [5.74, 6) is -2.73. The third kappa shape index (κ3) is 11.4. The molecule has 7 N–H and O–H groups in total. The van der Waals surface area contributed by atoms with E-state index in [1.54, 1.807) is 6.92 Å². The van der Waals surface area contributed by atoms with Gasteiger partial charge in [0.1, 0.15) is 0 Å². The maximum atomic E-state index is 13.1. The van der Waals surface area contributed by atoms with Crippen LogP contribution >= 0.6 is 0 Å². The number of likely N-dealkylation sites (tertiary alicyclic amines) is 1. The average molecular weight is 648 g/mol. The summed E-state index contributed by atoms with van der Waals surface area (Å²) in [5, 5.41) is 23.0. The van der Waals surface area contributed by atoms with Crippen LogP contribution in [0.25, 0.3) is 0 Å². The van der Waals surface area contributed by atoms with Gasteiger partial charge in [-0.15, -0.1) is 0 Å². The molecule has 4 saturated carbocycles. The molecule has 0 aromatic heterocycles. The summed E-state index contributed by atoms with van der Waals surface area (Å²) in [6.07, 6.45) is -1.63. The fourth-order valence-corrected chi connectivity index (χ4v) is 6.54. The Kier molecular flexibility index (Phi) is 13.2. The van der Waals surface area contributed by atoms with E-state index in [0.29, 0.717) is 31.0 Å². The third-order valence-corrected chi connectivity index (χ3v) is 8.24. The lowest BCUT2D eigenvalue weighted by molar-refractivity contribution is -0.193. The summed E-state index contributed by atoms with van der Waals surface area (Å²) in [6, 6.07) is -0.339. The Balaban J connectivity index is 0.000000402. The fourth-order valence-electron chi connectivity index (χ4n) is 6.54. The highest BCUT2D eigenvalue weighted by Gasteiger charge is 2.49. The molecule has 12 nitrogen and oxygen atoms in total. The van der Waals surface area contributed by atoms with Crippen LogP contribution < -0.4 is 21.7 Å². The van der Waals surface area contributed by atoms with Gasteiger partial charge in [-0.2, -0.15) is 26.3 Å². The Morgan fingerprint density at radius 1 is 0.864 bits per heavy atom. The molecule has 1 heterocycles. The van der Waals surface area contributed by atoms with Gasteiger partial charge in [-0.25, -0.2) is 9.59 Å². The number of nitrogens with zero attached hydrogens (tertiary/aromatic N) is 1. The van der Waals surface area contributed by atoms with Crippen LogP contribution in [0.15, 0.2) is 0 Å². The van der Waals surface area contributed by atoms with Crippen LogP contribution in [0.1, 0.15) is 51.9 Å². The second-order valence-electron chi connectivity index (χ2n) is 11.6. The molecule has 5 rings (SSSR count). The average Bonchev–Trinajstić information content (AvgIpc) is 3.37. The maximum absolute atomic E-state index is 13.1. The van der Waals surface area contributed by atoms with Crippen molar-refractivity contribution in [3.63, 3.8) is 0 Å². The van der Waals surface area contributed by atoms with E-state index in [-0.39, 0.29) is 30.3 Å². The van der Waals surface area contributed by atoms with Crippen LogP contribution in [-0.2, 0) is 24.0 Å². The lowest BCUT2D eigenvalue weighted by Gasteiger charge is -2.54. The largest absolute Gasteiger partial charge is 0.490 e. The lowest BCUT2D eigenvalue weighted by Crippen LogP contribution is -2.58. The van der Waals surface area contributed by atoms with Crippen LogP contribution in [-0.4, -0.2) is 101 Å². The summed E-state index contributed by atoms with van der Waals surface area (Å²) in [6.45, 7) is 3.50. The zero-order valence-corrected chi connectivity index (χ0v) is 24.0. The van der Waals surface area contributed by atoms with E-state index in [9.17, 15) is 40.7 Å². The molecule has 0 aromatic carbocycles. The van der Waals surface area contributed by atoms with Gasteiger partial charge in [0.05, 0.1) is 18.6 Å². The van der Waals surface area contributed by atoms with E-state index in [4.69, 9.17) is 25.5 Å². The molecule has 252 valence electrons. The monoisotopic (exact) mass is 647 g/mol. The Labute approximate surface area is 249 Å². The van der Waals surface area contributed by atoms with E-state index in [1.165, 1.54) is 32.1 Å². The minimum absolute atomic E-state index is 0.0727. The molecule has 0 radical (unpaired) electrons. The quantitative estimate of drug-likeness (QED) is 0.211. The molecule has 1 unspecified atom stereocenters. The van der Waals surface area contributed by atoms with Crippen LogP contribution in [0.5, 0.6) is 0 Å². The number of hydrogen-bond acceptors (Lipinski definition) is 7. The molecule has 1 aliphatic heterocycles. The molecule has 5 aliphatic rings. The molecule has 2 atom stereocenters. The van der Waals surface area contributed by atoms with Gasteiger partial charge in [-0.05, 0) is 82.1 Å². The smallest absolute Gasteiger partial charge is 0.475 e. The normalized spacial score (nSPS) is 28.0. The number of halogens is 6. The van der Waals surface area contributed by atoms with Gasteiger partial charge >= 0.3 is 24.3 Å². The molecule has 0 spiro atoms. The minimum atomic E-state index is -5.08. The number of alkyl halides is 6. The number of carbonyl (C=O) groups is 5. The van der Waals surface area contributed by atoms with Crippen LogP contribution in [0.2, 0.25) is 0 Å². The molecule has 18 heteroatoms. The minimum Gasteiger partial charge on any atom is -0.475 e. The second-order valence-corrected chi connectivity index (χ2v) is 11.6. The number of nitrogens with two attached hydrogens (primary N) is 1. The number of aliphatic carboxylic acids is 2. The van der Waals surface area contributed by atoms with Crippen molar-refractivity contribution in [2.45, 2.75) is 82.3 Å². The number of carboxylic acids is 2. The van der Waals surface area contributed by atoms with Crippen molar-refractivity contribution < 1.29 is 60.5 Å². The Morgan fingerprint density at radius 2 is 1.34 bits per heavy atom. The first kappa shape index (κ1) is 37.0. The molecule has 1 saturated heterocycles. The first-order chi connectivity index (χ1) is 20.3. The number of rotatable bonds is 8. The Hall–Kier alpha value is -3.15. The maximum Gasteiger partial charge on any atom is 0.490 e.